The lowest BCUT2D eigenvalue weighted by Crippen LogP contribution is -2.54. The zero-order valence-corrected chi connectivity index (χ0v) is 14.8. The van der Waals surface area contributed by atoms with E-state index < -0.39 is 0 Å². The second-order valence-electron chi connectivity index (χ2n) is 6.45. The van der Waals surface area contributed by atoms with Crippen molar-refractivity contribution in [2.45, 2.75) is 52.4 Å². The predicted molar refractivity (Wildman–Crippen MR) is 92.9 cm³/mol. The number of nitrogens with zero attached hydrogens (tertiary/aromatic N) is 3. The van der Waals surface area contributed by atoms with Crippen LogP contribution in [0.1, 0.15) is 48.6 Å². The predicted octanol–water partition coefficient (Wildman–Crippen LogP) is 3.20. The van der Waals surface area contributed by atoms with Crippen LogP contribution in [0.15, 0.2) is 36.4 Å². The van der Waals surface area contributed by atoms with Crippen molar-refractivity contribution in [3.05, 3.63) is 53.3 Å². The molecule has 1 aliphatic rings. The molecule has 0 spiro atoms. The average molecular weight is 327 g/mol. The van der Waals surface area contributed by atoms with Crippen molar-refractivity contribution in [3.8, 4) is 0 Å². The molecule has 0 radical (unpaired) electrons. The van der Waals surface area contributed by atoms with Gasteiger partial charge in [-0.1, -0.05) is 30.3 Å². The molecule has 1 saturated heterocycles. The first-order valence-electron chi connectivity index (χ1n) is 8.56. The van der Waals surface area contributed by atoms with Gasteiger partial charge in [0, 0.05) is 6.54 Å². The third-order valence-electron chi connectivity index (χ3n) is 4.65. The number of benzene rings is 1. The van der Waals surface area contributed by atoms with Crippen LogP contribution in [0.25, 0.3) is 0 Å². The van der Waals surface area contributed by atoms with Crippen LogP contribution in [0, 0.1) is 6.92 Å². The van der Waals surface area contributed by atoms with Crippen molar-refractivity contribution in [2.24, 2.45) is 0 Å². The van der Waals surface area contributed by atoms with Gasteiger partial charge in [0.15, 0.2) is 0 Å². The highest BCUT2D eigenvalue weighted by molar-refractivity contribution is 5.93. The zero-order chi connectivity index (χ0) is 17.3. The van der Waals surface area contributed by atoms with Gasteiger partial charge in [-0.25, -0.2) is 0 Å². The summed E-state index contributed by atoms with van der Waals surface area (Å²) in [7, 11) is 0. The summed E-state index contributed by atoms with van der Waals surface area (Å²) in [6.45, 7) is 9.24. The maximum absolute atomic E-state index is 13.2. The summed E-state index contributed by atoms with van der Waals surface area (Å²) in [5, 5.41) is 4.41. The van der Waals surface area contributed by atoms with Crippen molar-refractivity contribution >= 4 is 5.91 Å². The Balaban J connectivity index is 1.91. The number of aromatic nitrogens is 2. The highest BCUT2D eigenvalue weighted by Gasteiger charge is 2.38. The van der Waals surface area contributed by atoms with Gasteiger partial charge in [-0.15, -0.1) is 0 Å². The second-order valence-corrected chi connectivity index (χ2v) is 6.45. The molecule has 5 nitrogen and oxygen atoms in total. The molecule has 1 aromatic carbocycles. The number of carbonyl (C=O) groups is 1. The first-order chi connectivity index (χ1) is 11.5. The summed E-state index contributed by atoms with van der Waals surface area (Å²) >= 11 is 0. The fraction of sp³-hybridized carbons (Fsp3) is 0.474. The van der Waals surface area contributed by atoms with Gasteiger partial charge in [-0.3, -0.25) is 9.48 Å². The quantitative estimate of drug-likeness (QED) is 0.870. The smallest absolute Gasteiger partial charge is 0.272 e. The highest BCUT2D eigenvalue weighted by atomic mass is 16.5. The third kappa shape index (κ3) is 2.96. The minimum absolute atomic E-state index is 0.0293. The van der Waals surface area contributed by atoms with Gasteiger partial charge in [0.25, 0.3) is 5.91 Å². The molecule has 1 amide bonds. The summed E-state index contributed by atoms with van der Waals surface area (Å²) in [6, 6.07) is 12.0. The Kier molecular flexibility index (Phi) is 4.71. The van der Waals surface area contributed by atoms with E-state index in [1.165, 1.54) is 0 Å². The third-order valence-corrected chi connectivity index (χ3v) is 4.65. The average Bonchev–Trinajstić information content (AvgIpc) is 2.96. The van der Waals surface area contributed by atoms with Crippen LogP contribution >= 0.6 is 0 Å². The molecule has 5 heteroatoms. The molecule has 0 unspecified atom stereocenters. The molecule has 0 N–H and O–H groups in total. The van der Waals surface area contributed by atoms with Crippen molar-refractivity contribution in [1.29, 1.82) is 0 Å². The van der Waals surface area contributed by atoms with Crippen LogP contribution in [0.3, 0.4) is 0 Å². The summed E-state index contributed by atoms with van der Waals surface area (Å²) in [5.74, 6) is 0.0293. The normalized spacial score (nSPS) is 24.2. The van der Waals surface area contributed by atoms with Crippen molar-refractivity contribution < 1.29 is 9.53 Å². The summed E-state index contributed by atoms with van der Waals surface area (Å²) in [6.07, 6.45) is -0.106. The van der Waals surface area contributed by atoms with E-state index in [0.717, 1.165) is 11.3 Å². The van der Waals surface area contributed by atoms with Crippen LogP contribution in [-0.2, 0) is 11.3 Å². The Bertz CT molecular complexity index is 711. The van der Waals surface area contributed by atoms with Gasteiger partial charge >= 0.3 is 0 Å². The van der Waals surface area contributed by atoms with Crippen LogP contribution in [-0.4, -0.2) is 39.3 Å². The highest BCUT2D eigenvalue weighted by Crippen LogP contribution is 2.32. The SMILES string of the molecule is CCn1nc(C)cc1C(=O)N1[C@H](C)CO[C@H](c2ccccc2)[C@@H]1C. The molecular weight excluding hydrogens is 302 g/mol. The summed E-state index contributed by atoms with van der Waals surface area (Å²) in [5.41, 5.74) is 2.63. The molecule has 24 heavy (non-hydrogen) atoms. The van der Waals surface area contributed by atoms with Crippen molar-refractivity contribution in [1.82, 2.24) is 14.7 Å². The molecule has 0 aliphatic carbocycles. The molecule has 128 valence electrons. The van der Waals surface area contributed by atoms with Crippen LogP contribution in [0.4, 0.5) is 0 Å². The Morgan fingerprint density at radius 3 is 2.67 bits per heavy atom. The van der Waals surface area contributed by atoms with Crippen molar-refractivity contribution in [3.63, 3.8) is 0 Å². The standard InChI is InChI=1S/C19H25N3O2/c1-5-21-17(11-13(2)20-21)19(23)22-14(3)12-24-18(15(22)4)16-9-7-6-8-10-16/h6-11,14-15,18H,5,12H2,1-4H3/t14-,15+,18+/m1/s1. The maximum Gasteiger partial charge on any atom is 0.272 e. The molecule has 1 fully saturated rings. The van der Waals surface area contributed by atoms with E-state index in [1.54, 1.807) is 4.68 Å². The fourth-order valence-corrected chi connectivity index (χ4v) is 3.50. The number of morpholine rings is 1. The Hall–Kier alpha value is -2.14. The van der Waals surface area contributed by atoms with Gasteiger partial charge in [0.2, 0.25) is 0 Å². The summed E-state index contributed by atoms with van der Waals surface area (Å²) < 4.78 is 7.83. The first kappa shape index (κ1) is 16.7. The van der Waals surface area contributed by atoms with Crippen LogP contribution in [0.2, 0.25) is 0 Å². The van der Waals surface area contributed by atoms with E-state index in [9.17, 15) is 4.79 Å². The molecule has 1 aliphatic heterocycles. The molecule has 3 atom stereocenters. The van der Waals surface area contributed by atoms with E-state index in [4.69, 9.17) is 4.74 Å². The Morgan fingerprint density at radius 2 is 2.00 bits per heavy atom. The lowest BCUT2D eigenvalue weighted by molar-refractivity contribution is -0.0809. The lowest BCUT2D eigenvalue weighted by atomic mass is 9.98. The lowest BCUT2D eigenvalue weighted by Gasteiger charge is -2.43. The van der Waals surface area contributed by atoms with Gasteiger partial charge in [0.05, 0.1) is 24.4 Å². The molecule has 0 saturated carbocycles. The topological polar surface area (TPSA) is 47.4 Å². The zero-order valence-electron chi connectivity index (χ0n) is 14.8. The monoisotopic (exact) mass is 327 g/mol. The number of aryl methyl sites for hydroxylation is 2. The minimum atomic E-state index is -0.106. The van der Waals surface area contributed by atoms with E-state index in [0.29, 0.717) is 18.8 Å². The molecule has 2 heterocycles. The van der Waals surface area contributed by atoms with Crippen molar-refractivity contribution in [2.75, 3.05) is 6.61 Å². The van der Waals surface area contributed by atoms with E-state index >= 15 is 0 Å². The number of amides is 1. The first-order valence-corrected chi connectivity index (χ1v) is 8.56. The van der Waals surface area contributed by atoms with Gasteiger partial charge in [-0.05, 0) is 39.3 Å². The van der Waals surface area contributed by atoms with Crippen LogP contribution in [0.5, 0.6) is 0 Å². The minimum Gasteiger partial charge on any atom is -0.369 e. The number of rotatable bonds is 3. The number of carbonyl (C=O) groups excluding carboxylic acids is 1. The molecule has 0 bridgehead atoms. The van der Waals surface area contributed by atoms with E-state index in [2.05, 4.69) is 24.2 Å². The maximum atomic E-state index is 13.2. The van der Waals surface area contributed by atoms with Gasteiger partial charge in [0.1, 0.15) is 11.8 Å². The fourth-order valence-electron chi connectivity index (χ4n) is 3.50. The molecular formula is C19H25N3O2. The molecule has 1 aromatic heterocycles. The Labute approximate surface area is 143 Å². The number of hydrogen-bond acceptors (Lipinski definition) is 3. The van der Waals surface area contributed by atoms with Crippen LogP contribution < -0.4 is 0 Å². The largest absolute Gasteiger partial charge is 0.369 e. The number of hydrogen-bond donors (Lipinski definition) is 0. The van der Waals surface area contributed by atoms with E-state index in [-0.39, 0.29) is 24.1 Å². The molecule has 3 rings (SSSR count). The van der Waals surface area contributed by atoms with Gasteiger partial charge < -0.3 is 9.64 Å². The number of ether oxygens (including phenoxy) is 1. The second kappa shape index (κ2) is 6.77. The van der Waals surface area contributed by atoms with Gasteiger partial charge in [-0.2, -0.15) is 5.10 Å². The summed E-state index contributed by atoms with van der Waals surface area (Å²) in [4.78, 5) is 15.1. The molecule has 2 aromatic rings. The Morgan fingerprint density at radius 1 is 1.29 bits per heavy atom. The van der Waals surface area contributed by atoms with E-state index in [1.807, 2.05) is 49.9 Å².